The van der Waals surface area contributed by atoms with Crippen LogP contribution in [0, 0.1) is 5.82 Å². The molecule has 1 aromatic heterocycles. The highest BCUT2D eigenvalue weighted by atomic mass is 19.1. The Morgan fingerprint density at radius 1 is 1.15 bits per heavy atom. The zero-order valence-corrected chi connectivity index (χ0v) is 14.9. The van der Waals surface area contributed by atoms with Crippen LogP contribution in [-0.4, -0.2) is 29.3 Å². The molecule has 0 spiro atoms. The zero-order chi connectivity index (χ0) is 19.1. The minimum atomic E-state index is -0.420. The van der Waals surface area contributed by atoms with Gasteiger partial charge in [0, 0.05) is 13.0 Å². The Morgan fingerprint density at radius 3 is 2.67 bits per heavy atom. The van der Waals surface area contributed by atoms with Crippen molar-refractivity contribution < 1.29 is 18.3 Å². The number of benzene rings is 2. The molecule has 3 rings (SSSR count). The first kappa shape index (κ1) is 18.6. The fraction of sp³-hybridized carbons (Fsp3) is 0.250. The maximum absolute atomic E-state index is 13.7. The molecular formula is C20H20FN3O3. The van der Waals surface area contributed by atoms with Crippen LogP contribution in [0.2, 0.25) is 0 Å². The number of rotatable bonds is 8. The van der Waals surface area contributed by atoms with Gasteiger partial charge in [0.1, 0.15) is 11.6 Å². The summed E-state index contributed by atoms with van der Waals surface area (Å²) in [7, 11) is 0. The van der Waals surface area contributed by atoms with Gasteiger partial charge in [0.05, 0.1) is 18.6 Å². The average Bonchev–Trinajstić information content (AvgIpc) is 3.12. The van der Waals surface area contributed by atoms with Gasteiger partial charge in [-0.3, -0.25) is 4.79 Å². The van der Waals surface area contributed by atoms with E-state index in [9.17, 15) is 9.18 Å². The number of carbonyl (C=O) groups is 1. The molecule has 1 heterocycles. The van der Waals surface area contributed by atoms with Gasteiger partial charge in [0.25, 0.3) is 5.89 Å². The lowest BCUT2D eigenvalue weighted by Gasteiger charge is -2.06. The van der Waals surface area contributed by atoms with Gasteiger partial charge >= 0.3 is 0 Å². The van der Waals surface area contributed by atoms with Crippen LogP contribution in [0.15, 0.2) is 52.9 Å². The quantitative estimate of drug-likeness (QED) is 0.660. The van der Waals surface area contributed by atoms with Crippen LogP contribution < -0.4 is 10.1 Å². The van der Waals surface area contributed by atoms with Gasteiger partial charge in [0.2, 0.25) is 11.8 Å². The predicted octanol–water partition coefficient (Wildman–Crippen LogP) is 3.18. The van der Waals surface area contributed by atoms with Crippen molar-refractivity contribution in [1.82, 2.24) is 15.5 Å². The number of ether oxygens (including phenoxy) is 1. The van der Waals surface area contributed by atoms with Crippen LogP contribution in [0.25, 0.3) is 11.5 Å². The van der Waals surface area contributed by atoms with Crippen molar-refractivity contribution in [2.75, 3.05) is 13.2 Å². The van der Waals surface area contributed by atoms with Crippen LogP contribution in [0.1, 0.15) is 18.4 Å². The lowest BCUT2D eigenvalue weighted by molar-refractivity contribution is -0.120. The molecule has 0 bridgehead atoms. The summed E-state index contributed by atoms with van der Waals surface area (Å²) < 4.78 is 24.6. The normalized spacial score (nSPS) is 10.6. The second-order valence-corrected chi connectivity index (χ2v) is 5.83. The Kier molecular flexibility index (Phi) is 6.14. The van der Waals surface area contributed by atoms with Gasteiger partial charge < -0.3 is 14.5 Å². The first-order valence-electron chi connectivity index (χ1n) is 8.71. The summed E-state index contributed by atoms with van der Waals surface area (Å²) >= 11 is 0. The molecule has 140 valence electrons. The first-order chi connectivity index (χ1) is 13.2. The number of nitrogens with zero attached hydrogens (tertiary/aromatic N) is 2. The van der Waals surface area contributed by atoms with Gasteiger partial charge in [-0.25, -0.2) is 4.39 Å². The topological polar surface area (TPSA) is 77.2 Å². The number of hydrogen-bond donors (Lipinski definition) is 1. The summed E-state index contributed by atoms with van der Waals surface area (Å²) in [6, 6.07) is 13.6. The van der Waals surface area contributed by atoms with Crippen LogP contribution in [-0.2, 0) is 17.6 Å². The summed E-state index contributed by atoms with van der Waals surface area (Å²) in [5, 5.41) is 10.6. The number of carbonyl (C=O) groups excluding carboxylic acids is 1. The fourth-order valence-corrected chi connectivity index (χ4v) is 2.53. The Balaban J connectivity index is 1.47. The maximum Gasteiger partial charge on any atom is 0.250 e. The van der Waals surface area contributed by atoms with Crippen LogP contribution in [0.3, 0.4) is 0 Å². The Hall–Kier alpha value is -3.22. The van der Waals surface area contributed by atoms with E-state index >= 15 is 0 Å². The smallest absolute Gasteiger partial charge is 0.250 e. The number of hydrogen-bond acceptors (Lipinski definition) is 5. The van der Waals surface area contributed by atoms with Crippen molar-refractivity contribution in [2.24, 2.45) is 0 Å². The van der Waals surface area contributed by atoms with Gasteiger partial charge in [-0.1, -0.05) is 24.3 Å². The molecule has 2 aromatic carbocycles. The molecule has 0 unspecified atom stereocenters. The zero-order valence-electron chi connectivity index (χ0n) is 14.9. The highest BCUT2D eigenvalue weighted by Crippen LogP contribution is 2.20. The molecule has 0 fully saturated rings. The molecule has 27 heavy (non-hydrogen) atoms. The lowest BCUT2D eigenvalue weighted by Crippen LogP contribution is -2.27. The van der Waals surface area contributed by atoms with E-state index in [2.05, 4.69) is 15.5 Å². The maximum atomic E-state index is 13.7. The summed E-state index contributed by atoms with van der Waals surface area (Å²) in [6.45, 7) is 2.88. The Morgan fingerprint density at radius 2 is 1.93 bits per heavy atom. The molecule has 0 saturated heterocycles. The molecule has 0 saturated carbocycles. The molecule has 0 aliphatic heterocycles. The first-order valence-corrected chi connectivity index (χ1v) is 8.71. The molecule has 0 aliphatic carbocycles. The Labute approximate surface area is 156 Å². The van der Waals surface area contributed by atoms with E-state index in [1.54, 1.807) is 18.2 Å². The van der Waals surface area contributed by atoms with Crippen LogP contribution in [0.4, 0.5) is 4.39 Å². The Bertz CT molecular complexity index is 893. The summed E-state index contributed by atoms with van der Waals surface area (Å²) in [6.07, 6.45) is 0.646. The van der Waals surface area contributed by atoms with E-state index in [4.69, 9.17) is 9.15 Å². The molecule has 6 nitrogen and oxygen atoms in total. The number of halogens is 1. The van der Waals surface area contributed by atoms with Crippen molar-refractivity contribution in [3.63, 3.8) is 0 Å². The van der Waals surface area contributed by atoms with E-state index in [0.29, 0.717) is 25.5 Å². The molecule has 0 atom stereocenters. The van der Waals surface area contributed by atoms with Crippen molar-refractivity contribution in [3.8, 4) is 17.2 Å². The monoisotopic (exact) mass is 369 g/mol. The average molecular weight is 369 g/mol. The van der Waals surface area contributed by atoms with Gasteiger partial charge in [0.15, 0.2) is 0 Å². The second-order valence-electron chi connectivity index (χ2n) is 5.83. The summed E-state index contributed by atoms with van der Waals surface area (Å²) in [4.78, 5) is 12.0. The third-order valence-corrected chi connectivity index (χ3v) is 3.83. The van der Waals surface area contributed by atoms with Crippen LogP contribution in [0.5, 0.6) is 5.75 Å². The highest BCUT2D eigenvalue weighted by Gasteiger charge is 2.12. The molecule has 7 heteroatoms. The van der Waals surface area contributed by atoms with Gasteiger partial charge in [-0.15, -0.1) is 10.2 Å². The molecule has 3 aromatic rings. The highest BCUT2D eigenvalue weighted by molar-refractivity contribution is 5.78. The number of aromatic nitrogens is 2. The van der Waals surface area contributed by atoms with Crippen molar-refractivity contribution >= 4 is 5.91 Å². The van der Waals surface area contributed by atoms with Gasteiger partial charge in [-0.2, -0.15) is 0 Å². The fourth-order valence-electron chi connectivity index (χ4n) is 2.53. The number of nitrogens with one attached hydrogen (secondary N) is 1. The minimum Gasteiger partial charge on any atom is -0.494 e. The molecule has 1 N–H and O–H groups in total. The second kappa shape index (κ2) is 8.93. The van der Waals surface area contributed by atoms with Crippen molar-refractivity contribution in [1.29, 1.82) is 0 Å². The van der Waals surface area contributed by atoms with E-state index in [1.807, 2.05) is 31.2 Å². The number of amides is 1. The standard InChI is InChI=1S/C20H20FN3O3/c1-2-26-15-9-7-14(8-10-15)13-18(25)22-12-11-19-23-24-20(27-19)16-5-3-4-6-17(16)21/h3-10H,2,11-13H2,1H3,(H,22,25). The van der Waals surface area contributed by atoms with Crippen molar-refractivity contribution in [3.05, 3.63) is 65.8 Å². The van der Waals surface area contributed by atoms with E-state index < -0.39 is 5.82 Å². The minimum absolute atomic E-state index is 0.104. The van der Waals surface area contributed by atoms with E-state index in [1.165, 1.54) is 6.07 Å². The largest absolute Gasteiger partial charge is 0.494 e. The summed E-state index contributed by atoms with van der Waals surface area (Å²) in [5.41, 5.74) is 1.16. The SMILES string of the molecule is CCOc1ccc(CC(=O)NCCc2nnc(-c3ccccc3F)o2)cc1. The molecular weight excluding hydrogens is 349 g/mol. The third-order valence-electron chi connectivity index (χ3n) is 3.83. The van der Waals surface area contributed by atoms with Crippen LogP contribution >= 0.6 is 0 Å². The van der Waals surface area contributed by atoms with E-state index in [0.717, 1.165) is 11.3 Å². The lowest BCUT2D eigenvalue weighted by atomic mass is 10.1. The molecule has 0 radical (unpaired) electrons. The van der Waals surface area contributed by atoms with E-state index in [-0.39, 0.29) is 23.8 Å². The summed E-state index contributed by atoms with van der Waals surface area (Å²) in [5.74, 6) is 0.728. The molecule has 0 aliphatic rings. The third kappa shape index (κ3) is 5.13. The molecule has 1 amide bonds. The van der Waals surface area contributed by atoms with Gasteiger partial charge in [-0.05, 0) is 36.8 Å². The predicted molar refractivity (Wildman–Crippen MR) is 97.7 cm³/mol. The van der Waals surface area contributed by atoms with Crippen molar-refractivity contribution in [2.45, 2.75) is 19.8 Å².